The SMILES string of the molecule is O=C(CCSc1ccccc1)Nc1cc(Cl)ccc1C(=O)N1CCCC1. The fraction of sp³-hybridized carbons (Fsp3) is 0.300. The molecule has 0 saturated carbocycles. The van der Waals surface area contributed by atoms with Crippen LogP contribution >= 0.6 is 23.4 Å². The van der Waals surface area contributed by atoms with Crippen LogP contribution in [0.5, 0.6) is 0 Å². The normalized spacial score (nSPS) is 13.7. The maximum absolute atomic E-state index is 12.7. The van der Waals surface area contributed by atoms with Gasteiger partial charge in [-0.2, -0.15) is 0 Å². The van der Waals surface area contributed by atoms with E-state index in [9.17, 15) is 9.59 Å². The molecule has 3 rings (SSSR count). The molecule has 2 amide bonds. The molecule has 4 nitrogen and oxygen atoms in total. The standard InChI is InChI=1S/C20H21ClN2O2S/c21-15-8-9-17(20(25)23-11-4-5-12-23)18(14-15)22-19(24)10-13-26-16-6-2-1-3-7-16/h1-3,6-9,14H,4-5,10-13H2,(H,22,24). The third-order valence-corrected chi connectivity index (χ3v) is 5.47. The molecule has 0 aromatic heterocycles. The lowest BCUT2D eigenvalue weighted by molar-refractivity contribution is -0.115. The largest absolute Gasteiger partial charge is 0.339 e. The minimum atomic E-state index is -0.119. The predicted octanol–water partition coefficient (Wildman–Crippen LogP) is 4.70. The number of benzene rings is 2. The summed E-state index contributed by atoms with van der Waals surface area (Å²) in [5, 5.41) is 3.35. The molecule has 0 radical (unpaired) electrons. The molecule has 1 saturated heterocycles. The van der Waals surface area contributed by atoms with Gasteiger partial charge in [0.05, 0.1) is 11.3 Å². The van der Waals surface area contributed by atoms with Crippen molar-refractivity contribution in [3.05, 3.63) is 59.1 Å². The van der Waals surface area contributed by atoms with Crippen molar-refractivity contribution >= 4 is 40.9 Å². The summed E-state index contributed by atoms with van der Waals surface area (Å²) in [4.78, 5) is 28.0. The zero-order valence-corrected chi connectivity index (χ0v) is 16.0. The highest BCUT2D eigenvalue weighted by molar-refractivity contribution is 7.99. The van der Waals surface area contributed by atoms with Gasteiger partial charge in [-0.3, -0.25) is 9.59 Å². The van der Waals surface area contributed by atoms with Crippen LogP contribution in [0.25, 0.3) is 0 Å². The van der Waals surface area contributed by atoms with E-state index in [1.807, 2.05) is 35.2 Å². The monoisotopic (exact) mass is 388 g/mol. The van der Waals surface area contributed by atoms with Crippen LogP contribution in [0, 0.1) is 0 Å². The maximum Gasteiger partial charge on any atom is 0.255 e. The van der Waals surface area contributed by atoms with Crippen molar-refractivity contribution in [1.82, 2.24) is 4.90 Å². The smallest absolute Gasteiger partial charge is 0.255 e. The molecule has 1 aliphatic heterocycles. The topological polar surface area (TPSA) is 49.4 Å². The second kappa shape index (κ2) is 9.10. The van der Waals surface area contributed by atoms with E-state index in [2.05, 4.69) is 5.32 Å². The lowest BCUT2D eigenvalue weighted by atomic mass is 10.1. The molecular formula is C20H21ClN2O2S. The van der Waals surface area contributed by atoms with Crippen molar-refractivity contribution in [2.24, 2.45) is 0 Å². The summed E-state index contributed by atoms with van der Waals surface area (Å²) in [6.07, 6.45) is 2.42. The lowest BCUT2D eigenvalue weighted by Crippen LogP contribution is -2.28. The summed E-state index contributed by atoms with van der Waals surface area (Å²) < 4.78 is 0. The first-order chi connectivity index (χ1) is 12.6. The van der Waals surface area contributed by atoms with Gasteiger partial charge in [0, 0.05) is 35.2 Å². The molecule has 2 aromatic rings. The molecule has 0 aliphatic carbocycles. The number of halogens is 1. The molecule has 0 bridgehead atoms. The Morgan fingerprint density at radius 1 is 1.08 bits per heavy atom. The average Bonchev–Trinajstić information content (AvgIpc) is 3.17. The van der Waals surface area contributed by atoms with E-state index in [0.717, 1.165) is 30.8 Å². The number of anilines is 1. The van der Waals surface area contributed by atoms with Crippen LogP contribution in [0.4, 0.5) is 5.69 Å². The van der Waals surface area contributed by atoms with E-state index in [0.29, 0.717) is 28.4 Å². The molecule has 1 heterocycles. The van der Waals surface area contributed by atoms with Gasteiger partial charge in [-0.25, -0.2) is 0 Å². The molecule has 26 heavy (non-hydrogen) atoms. The van der Waals surface area contributed by atoms with Crippen LogP contribution in [0.2, 0.25) is 5.02 Å². The van der Waals surface area contributed by atoms with Crippen LogP contribution < -0.4 is 5.32 Å². The first kappa shape index (κ1) is 18.8. The highest BCUT2D eigenvalue weighted by Gasteiger charge is 2.22. The molecule has 6 heteroatoms. The average molecular weight is 389 g/mol. The first-order valence-corrected chi connectivity index (χ1v) is 10.1. The van der Waals surface area contributed by atoms with Gasteiger partial charge in [0.2, 0.25) is 5.91 Å². The number of thioether (sulfide) groups is 1. The molecule has 2 aromatic carbocycles. The molecule has 0 atom stereocenters. The van der Waals surface area contributed by atoms with Crippen molar-refractivity contribution in [2.75, 3.05) is 24.2 Å². The number of hydrogen-bond acceptors (Lipinski definition) is 3. The Hall–Kier alpha value is -1.98. The Morgan fingerprint density at radius 2 is 1.81 bits per heavy atom. The summed E-state index contributed by atoms with van der Waals surface area (Å²) in [6, 6.07) is 15.0. The lowest BCUT2D eigenvalue weighted by Gasteiger charge is -2.18. The van der Waals surface area contributed by atoms with Crippen LogP contribution in [-0.2, 0) is 4.79 Å². The summed E-state index contributed by atoms with van der Waals surface area (Å²) >= 11 is 7.70. The molecular weight excluding hydrogens is 368 g/mol. The van der Waals surface area contributed by atoms with Gasteiger partial charge in [0.15, 0.2) is 0 Å². The van der Waals surface area contributed by atoms with E-state index in [1.54, 1.807) is 30.0 Å². The minimum absolute atomic E-state index is 0.0480. The van der Waals surface area contributed by atoms with Gasteiger partial charge in [-0.05, 0) is 43.2 Å². The minimum Gasteiger partial charge on any atom is -0.339 e. The Balaban J connectivity index is 1.61. The summed E-state index contributed by atoms with van der Waals surface area (Å²) in [5.74, 6) is 0.505. The van der Waals surface area contributed by atoms with E-state index in [4.69, 9.17) is 11.6 Å². The fourth-order valence-electron chi connectivity index (χ4n) is 2.89. The Morgan fingerprint density at radius 3 is 2.54 bits per heavy atom. The maximum atomic E-state index is 12.7. The van der Waals surface area contributed by atoms with Crippen LogP contribution in [0.15, 0.2) is 53.4 Å². The van der Waals surface area contributed by atoms with Gasteiger partial charge in [-0.1, -0.05) is 29.8 Å². The van der Waals surface area contributed by atoms with Crippen molar-refractivity contribution in [3.8, 4) is 0 Å². The quantitative estimate of drug-likeness (QED) is 0.730. The second-order valence-corrected chi connectivity index (χ2v) is 7.75. The molecule has 1 fully saturated rings. The van der Waals surface area contributed by atoms with Crippen molar-refractivity contribution in [3.63, 3.8) is 0 Å². The van der Waals surface area contributed by atoms with E-state index in [1.165, 1.54) is 0 Å². The summed E-state index contributed by atoms with van der Waals surface area (Å²) in [7, 11) is 0. The van der Waals surface area contributed by atoms with E-state index in [-0.39, 0.29) is 11.8 Å². The number of nitrogens with zero attached hydrogens (tertiary/aromatic N) is 1. The zero-order chi connectivity index (χ0) is 18.4. The van der Waals surface area contributed by atoms with Crippen LogP contribution in [-0.4, -0.2) is 35.6 Å². The van der Waals surface area contributed by atoms with E-state index >= 15 is 0 Å². The molecule has 0 spiro atoms. The van der Waals surface area contributed by atoms with Crippen molar-refractivity contribution in [1.29, 1.82) is 0 Å². The second-order valence-electron chi connectivity index (χ2n) is 6.15. The fourth-order valence-corrected chi connectivity index (χ4v) is 3.93. The highest BCUT2D eigenvalue weighted by atomic mass is 35.5. The Bertz CT molecular complexity index is 777. The number of carbonyl (C=O) groups is 2. The predicted molar refractivity (Wildman–Crippen MR) is 107 cm³/mol. The van der Waals surface area contributed by atoms with Gasteiger partial charge >= 0.3 is 0 Å². The van der Waals surface area contributed by atoms with Crippen LogP contribution in [0.1, 0.15) is 29.6 Å². The summed E-state index contributed by atoms with van der Waals surface area (Å²) in [6.45, 7) is 1.53. The van der Waals surface area contributed by atoms with Crippen molar-refractivity contribution in [2.45, 2.75) is 24.2 Å². The Kier molecular flexibility index (Phi) is 6.58. The molecule has 0 unspecified atom stereocenters. The van der Waals surface area contributed by atoms with Gasteiger partial charge in [0.25, 0.3) is 5.91 Å². The number of nitrogens with one attached hydrogen (secondary N) is 1. The number of likely N-dealkylation sites (tertiary alicyclic amines) is 1. The zero-order valence-electron chi connectivity index (χ0n) is 14.4. The third kappa shape index (κ3) is 5.02. The number of rotatable bonds is 6. The number of amides is 2. The highest BCUT2D eigenvalue weighted by Crippen LogP contribution is 2.25. The summed E-state index contributed by atoms with van der Waals surface area (Å²) in [5.41, 5.74) is 0.990. The van der Waals surface area contributed by atoms with E-state index < -0.39 is 0 Å². The number of carbonyl (C=O) groups excluding carboxylic acids is 2. The van der Waals surface area contributed by atoms with Crippen molar-refractivity contribution < 1.29 is 9.59 Å². The number of hydrogen-bond donors (Lipinski definition) is 1. The van der Waals surface area contributed by atoms with Gasteiger partial charge in [0.1, 0.15) is 0 Å². The van der Waals surface area contributed by atoms with Gasteiger partial charge in [-0.15, -0.1) is 11.8 Å². The molecule has 1 N–H and O–H groups in total. The Labute approximate surface area is 162 Å². The molecule has 1 aliphatic rings. The van der Waals surface area contributed by atoms with Gasteiger partial charge < -0.3 is 10.2 Å². The first-order valence-electron chi connectivity index (χ1n) is 8.70. The van der Waals surface area contributed by atoms with Crippen LogP contribution in [0.3, 0.4) is 0 Å². The third-order valence-electron chi connectivity index (χ3n) is 4.22. The molecule has 136 valence electrons.